The highest BCUT2D eigenvalue weighted by atomic mass is 32.1. The van der Waals surface area contributed by atoms with Crippen LogP contribution in [0, 0.1) is 12.3 Å². The van der Waals surface area contributed by atoms with Crippen LogP contribution in [0.3, 0.4) is 0 Å². The molecule has 0 spiro atoms. The van der Waals surface area contributed by atoms with Crippen molar-refractivity contribution >= 4 is 92.0 Å². The van der Waals surface area contributed by atoms with Crippen LogP contribution in [0.25, 0.3) is 103 Å². The summed E-state index contributed by atoms with van der Waals surface area (Å²) in [7, 11) is 0. The predicted octanol–water partition coefficient (Wildman–Crippen LogP) is 12.9. The Kier molecular flexibility index (Phi) is 6.67. The van der Waals surface area contributed by atoms with Crippen molar-refractivity contribution in [2.75, 3.05) is 0 Å². The maximum absolute atomic E-state index is 6.47. The van der Waals surface area contributed by atoms with E-state index in [0.717, 1.165) is 50.0 Å². The van der Waals surface area contributed by atoms with Gasteiger partial charge in [-0.2, -0.15) is 0 Å². The minimum Gasteiger partial charge on any atom is -0.309 e. The molecule has 4 aromatic heterocycles. The van der Waals surface area contributed by atoms with Gasteiger partial charge in [-0.3, -0.25) is 9.97 Å². The highest BCUT2D eigenvalue weighted by Gasteiger charge is 2.23. The molecule has 0 N–H and O–H groups in total. The van der Waals surface area contributed by atoms with Crippen molar-refractivity contribution in [1.29, 1.82) is 0 Å². The first kappa shape index (κ1) is 30.6. The molecule has 0 aliphatic heterocycles. The Labute approximate surface area is 314 Å². The molecule has 0 saturated carbocycles. The molecule has 4 nitrogen and oxygen atoms in total. The molecule has 0 unspecified atom stereocenters. The third kappa shape index (κ3) is 4.32. The molecule has 4 heterocycles. The zero-order chi connectivity index (χ0) is 35.9. The molecule has 11 rings (SSSR count). The fraction of sp³-hybridized carbons (Fsp3) is 0.0204. The van der Waals surface area contributed by atoms with Gasteiger partial charge < -0.3 is 9.13 Å². The van der Waals surface area contributed by atoms with E-state index < -0.39 is 0 Å². The summed E-state index contributed by atoms with van der Waals surface area (Å²) < 4.78 is 7.26. The second-order valence-electron chi connectivity index (χ2n) is 13.7. The Hall–Kier alpha value is -7.00. The Bertz CT molecular complexity index is 3390. The molecule has 0 radical (unpaired) electrons. The largest absolute Gasteiger partial charge is 0.309 e. The Morgan fingerprint density at radius 1 is 0.630 bits per heavy atom. The van der Waals surface area contributed by atoms with Crippen LogP contribution in [0.4, 0.5) is 0 Å². The van der Waals surface area contributed by atoms with Gasteiger partial charge in [0, 0.05) is 76.3 Å². The monoisotopic (exact) mass is 706 g/mol. The van der Waals surface area contributed by atoms with E-state index in [9.17, 15) is 0 Å². The summed E-state index contributed by atoms with van der Waals surface area (Å²) in [6.07, 6.45) is 16.0. The van der Waals surface area contributed by atoms with Crippen LogP contribution in [0.5, 0.6) is 0 Å². The highest BCUT2D eigenvalue weighted by Crippen LogP contribution is 2.46. The second kappa shape index (κ2) is 11.8. The van der Waals surface area contributed by atoms with Gasteiger partial charge in [0.2, 0.25) is 0 Å². The number of benzene rings is 7. The molecule has 0 amide bonds. The number of nitrogens with zero attached hydrogens (tertiary/aromatic N) is 4. The van der Waals surface area contributed by atoms with Crippen LogP contribution in [-0.2, 0) is 0 Å². The molecule has 252 valence electrons. The lowest BCUT2D eigenvalue weighted by atomic mass is 9.96. The standard InChI is InChI=1S/C49H30N4S/c1-3-12-30-19-20-35-45(25-30)52(32-13-6-5-7-14-32)42-21-22-43-47(48(35)42)34-16-8-10-17-41(34)53(43)44-28-39-36(26-31(44)4-2)37(40-29-50-23-24-51-40)27-38-33-15-9-11-18-46(33)54-49(38)39/h2-3,5-29H,1H3/b12-3+. The summed E-state index contributed by atoms with van der Waals surface area (Å²) >= 11 is 1.83. The van der Waals surface area contributed by atoms with Crippen LogP contribution in [-0.4, -0.2) is 19.1 Å². The molecule has 0 fully saturated rings. The van der Waals surface area contributed by atoms with Crippen molar-refractivity contribution in [2.24, 2.45) is 0 Å². The summed E-state index contributed by atoms with van der Waals surface area (Å²) in [4.78, 5) is 9.19. The minimum atomic E-state index is 0.818. The fourth-order valence-electron chi connectivity index (χ4n) is 8.57. The molecule has 0 aliphatic rings. The van der Waals surface area contributed by atoms with E-state index in [4.69, 9.17) is 11.4 Å². The quantitative estimate of drug-likeness (QED) is 0.171. The minimum absolute atomic E-state index is 0.818. The summed E-state index contributed by atoms with van der Waals surface area (Å²) in [5, 5.41) is 9.50. The van der Waals surface area contributed by atoms with Gasteiger partial charge in [-0.05, 0) is 78.5 Å². The second-order valence-corrected chi connectivity index (χ2v) is 14.8. The molecule has 5 heteroatoms. The van der Waals surface area contributed by atoms with Gasteiger partial charge in [0.15, 0.2) is 0 Å². The summed E-state index contributed by atoms with van der Waals surface area (Å²) in [5.74, 6) is 3.11. The Balaban J connectivity index is 1.29. The molecule has 7 aromatic carbocycles. The number of aromatic nitrogens is 4. The van der Waals surface area contributed by atoms with Gasteiger partial charge in [0.05, 0.1) is 39.6 Å². The number of hydrogen-bond donors (Lipinski definition) is 0. The fourth-order valence-corrected chi connectivity index (χ4v) is 9.79. The SMILES string of the molecule is C#Cc1cc2c(-c3cnccn3)cc3c4ccccc4sc3c2cc1-n1c2ccccc2c2c3c4ccc(/C=C/C)cc4n(-c4ccccc4)c3ccc21. The van der Waals surface area contributed by atoms with Crippen LogP contribution >= 0.6 is 11.3 Å². The molecule has 11 aromatic rings. The lowest BCUT2D eigenvalue weighted by Crippen LogP contribution is -1.99. The number of fused-ring (bicyclic) bond motifs is 12. The third-order valence-corrected chi connectivity index (χ3v) is 12.0. The normalized spacial score (nSPS) is 12.1. The lowest BCUT2D eigenvalue weighted by molar-refractivity contribution is 1.17. The van der Waals surface area contributed by atoms with Gasteiger partial charge >= 0.3 is 0 Å². The molecule has 0 atom stereocenters. The summed E-state index contributed by atoms with van der Waals surface area (Å²) in [5.41, 5.74) is 10.5. The molecule has 54 heavy (non-hydrogen) atoms. The van der Waals surface area contributed by atoms with Gasteiger partial charge in [0.25, 0.3) is 0 Å². The highest BCUT2D eigenvalue weighted by molar-refractivity contribution is 7.26. The van der Waals surface area contributed by atoms with Gasteiger partial charge in [-0.15, -0.1) is 17.8 Å². The van der Waals surface area contributed by atoms with E-state index in [1.54, 1.807) is 12.4 Å². The molecule has 0 saturated heterocycles. The first-order valence-electron chi connectivity index (χ1n) is 18.1. The summed E-state index contributed by atoms with van der Waals surface area (Å²) in [6, 6.07) is 46.2. The van der Waals surface area contributed by atoms with Crippen molar-refractivity contribution in [3.63, 3.8) is 0 Å². The molecular weight excluding hydrogens is 677 g/mol. The number of para-hydroxylation sites is 2. The van der Waals surface area contributed by atoms with E-state index >= 15 is 0 Å². The molecule has 0 bridgehead atoms. The van der Waals surface area contributed by atoms with E-state index in [-0.39, 0.29) is 0 Å². The van der Waals surface area contributed by atoms with Crippen molar-refractivity contribution in [3.8, 4) is 35.0 Å². The van der Waals surface area contributed by atoms with E-state index in [1.807, 2.05) is 17.5 Å². The first-order chi connectivity index (χ1) is 26.7. The van der Waals surface area contributed by atoms with Crippen molar-refractivity contribution in [2.45, 2.75) is 6.92 Å². The van der Waals surface area contributed by atoms with Crippen LogP contribution in [0.15, 0.2) is 152 Å². The van der Waals surface area contributed by atoms with E-state index in [1.165, 1.54) is 58.3 Å². The third-order valence-electron chi connectivity index (χ3n) is 10.8. The van der Waals surface area contributed by atoms with Gasteiger partial charge in [0.1, 0.15) is 0 Å². The first-order valence-corrected chi connectivity index (χ1v) is 18.9. The maximum Gasteiger partial charge on any atom is 0.0891 e. The zero-order valence-corrected chi connectivity index (χ0v) is 30.1. The van der Waals surface area contributed by atoms with Gasteiger partial charge in [-0.25, -0.2) is 0 Å². The Morgan fingerprint density at radius 3 is 2.17 bits per heavy atom. The number of hydrogen-bond acceptors (Lipinski definition) is 3. The molecular formula is C49H30N4S. The van der Waals surface area contributed by atoms with Crippen molar-refractivity contribution in [3.05, 3.63) is 163 Å². The zero-order valence-electron chi connectivity index (χ0n) is 29.3. The number of thiophene rings is 1. The summed E-state index contributed by atoms with van der Waals surface area (Å²) in [6.45, 7) is 2.06. The van der Waals surface area contributed by atoms with Crippen molar-refractivity contribution in [1.82, 2.24) is 19.1 Å². The average Bonchev–Trinajstić information content (AvgIpc) is 3.88. The predicted molar refractivity (Wildman–Crippen MR) is 229 cm³/mol. The van der Waals surface area contributed by atoms with Crippen molar-refractivity contribution < 1.29 is 0 Å². The number of terminal acetylenes is 1. The Morgan fingerprint density at radius 2 is 1.37 bits per heavy atom. The van der Waals surface area contributed by atoms with Crippen LogP contribution < -0.4 is 0 Å². The van der Waals surface area contributed by atoms with E-state index in [0.29, 0.717) is 0 Å². The average molecular weight is 707 g/mol. The van der Waals surface area contributed by atoms with Crippen LogP contribution in [0.2, 0.25) is 0 Å². The van der Waals surface area contributed by atoms with Gasteiger partial charge in [-0.1, -0.05) is 84.8 Å². The number of allylic oxidation sites excluding steroid dienone is 1. The number of rotatable bonds is 4. The van der Waals surface area contributed by atoms with E-state index in [2.05, 4.69) is 167 Å². The lowest BCUT2D eigenvalue weighted by Gasteiger charge is -2.15. The smallest absolute Gasteiger partial charge is 0.0891 e. The molecule has 0 aliphatic carbocycles. The maximum atomic E-state index is 6.47. The van der Waals surface area contributed by atoms with Crippen LogP contribution in [0.1, 0.15) is 18.1 Å². The topological polar surface area (TPSA) is 35.6 Å².